The molecule has 0 spiro atoms. The lowest BCUT2D eigenvalue weighted by Crippen LogP contribution is -2.37. The van der Waals surface area contributed by atoms with Crippen LogP contribution in [0.2, 0.25) is 0 Å². The Hall–Kier alpha value is -2.62. The third-order valence-electron chi connectivity index (χ3n) is 3.79. The van der Waals surface area contributed by atoms with E-state index >= 15 is 0 Å². The number of nitrogens with one attached hydrogen (secondary N) is 1. The number of benzene rings is 2. The summed E-state index contributed by atoms with van der Waals surface area (Å²) < 4.78 is 0. The lowest BCUT2D eigenvalue weighted by Gasteiger charge is -2.15. The van der Waals surface area contributed by atoms with E-state index in [4.69, 9.17) is 5.73 Å². The van der Waals surface area contributed by atoms with Crippen molar-refractivity contribution in [3.05, 3.63) is 71.3 Å². The second-order valence-corrected chi connectivity index (χ2v) is 5.48. The van der Waals surface area contributed by atoms with Crippen molar-refractivity contribution >= 4 is 11.8 Å². The van der Waals surface area contributed by atoms with Crippen molar-refractivity contribution in [1.29, 1.82) is 0 Å². The number of hydrogen-bond acceptors (Lipinski definition) is 2. The molecule has 0 aliphatic heterocycles. The fourth-order valence-electron chi connectivity index (χ4n) is 2.40. The Morgan fingerprint density at radius 2 is 1.61 bits per heavy atom. The normalized spacial score (nSPS) is 11.7. The summed E-state index contributed by atoms with van der Waals surface area (Å²) in [6.07, 6.45) is 1.95. The summed E-state index contributed by atoms with van der Waals surface area (Å²) >= 11 is 0. The van der Waals surface area contributed by atoms with Crippen molar-refractivity contribution in [3.63, 3.8) is 0 Å². The van der Waals surface area contributed by atoms with Gasteiger partial charge in [-0.3, -0.25) is 9.59 Å². The van der Waals surface area contributed by atoms with E-state index in [1.165, 1.54) is 5.56 Å². The molecule has 1 atom stereocenters. The Labute approximate surface area is 136 Å². The molecule has 2 aromatic rings. The highest BCUT2D eigenvalue weighted by atomic mass is 16.2. The SMILES string of the molecule is CCc1ccc(CCC(=O)N[C@@H](C(N)=O)c2ccccc2)cc1. The minimum absolute atomic E-state index is 0.183. The number of amides is 2. The van der Waals surface area contributed by atoms with E-state index in [9.17, 15) is 9.59 Å². The molecule has 0 unspecified atom stereocenters. The van der Waals surface area contributed by atoms with Crippen LogP contribution < -0.4 is 11.1 Å². The second-order valence-electron chi connectivity index (χ2n) is 5.48. The summed E-state index contributed by atoms with van der Waals surface area (Å²) in [5.41, 5.74) is 8.48. The Bertz CT molecular complexity index is 651. The third kappa shape index (κ3) is 4.95. The lowest BCUT2D eigenvalue weighted by atomic mass is 10.0. The molecule has 0 fully saturated rings. The Morgan fingerprint density at radius 1 is 1.00 bits per heavy atom. The number of hydrogen-bond donors (Lipinski definition) is 2. The molecule has 2 amide bonds. The molecule has 0 radical (unpaired) electrons. The van der Waals surface area contributed by atoms with Crippen LogP contribution in [-0.2, 0) is 22.4 Å². The summed E-state index contributed by atoms with van der Waals surface area (Å²) in [6.45, 7) is 2.11. The number of primary amides is 1. The van der Waals surface area contributed by atoms with Gasteiger partial charge in [0.05, 0.1) is 0 Å². The van der Waals surface area contributed by atoms with Crippen LogP contribution in [0, 0.1) is 0 Å². The van der Waals surface area contributed by atoms with Gasteiger partial charge < -0.3 is 11.1 Å². The van der Waals surface area contributed by atoms with Gasteiger partial charge in [-0.05, 0) is 29.5 Å². The van der Waals surface area contributed by atoms with Crippen molar-refractivity contribution in [1.82, 2.24) is 5.32 Å². The zero-order chi connectivity index (χ0) is 16.7. The average molecular weight is 310 g/mol. The van der Waals surface area contributed by atoms with Gasteiger partial charge in [0.25, 0.3) is 0 Å². The molecule has 0 aliphatic carbocycles. The van der Waals surface area contributed by atoms with Crippen LogP contribution in [0.3, 0.4) is 0 Å². The Balaban J connectivity index is 1.93. The molecule has 120 valence electrons. The predicted molar refractivity (Wildman–Crippen MR) is 90.7 cm³/mol. The Kier molecular flexibility index (Phi) is 5.92. The first kappa shape index (κ1) is 16.7. The summed E-state index contributed by atoms with van der Waals surface area (Å²) in [6, 6.07) is 16.5. The largest absolute Gasteiger partial charge is 0.368 e. The van der Waals surface area contributed by atoms with E-state index in [2.05, 4.69) is 24.4 Å². The van der Waals surface area contributed by atoms with Gasteiger partial charge in [0.2, 0.25) is 11.8 Å². The van der Waals surface area contributed by atoms with Crippen molar-refractivity contribution in [3.8, 4) is 0 Å². The molecule has 2 rings (SSSR count). The van der Waals surface area contributed by atoms with E-state index < -0.39 is 11.9 Å². The quantitative estimate of drug-likeness (QED) is 0.825. The second kappa shape index (κ2) is 8.13. The molecule has 3 N–H and O–H groups in total. The van der Waals surface area contributed by atoms with Gasteiger partial charge in [0.1, 0.15) is 6.04 Å². The molecule has 0 bridgehead atoms. The summed E-state index contributed by atoms with van der Waals surface area (Å²) in [5, 5.41) is 2.71. The van der Waals surface area contributed by atoms with Crippen molar-refractivity contribution in [2.45, 2.75) is 32.2 Å². The highest BCUT2D eigenvalue weighted by molar-refractivity contribution is 5.87. The molecule has 0 heterocycles. The van der Waals surface area contributed by atoms with E-state index in [1.54, 1.807) is 12.1 Å². The summed E-state index contributed by atoms with van der Waals surface area (Å²) in [5.74, 6) is -0.742. The smallest absolute Gasteiger partial charge is 0.244 e. The molecule has 0 saturated heterocycles. The van der Waals surface area contributed by atoms with Crippen LogP contribution >= 0.6 is 0 Å². The molecule has 4 nitrogen and oxygen atoms in total. The molecule has 2 aromatic carbocycles. The van der Waals surface area contributed by atoms with E-state index in [-0.39, 0.29) is 5.91 Å². The number of carbonyl (C=O) groups is 2. The van der Waals surface area contributed by atoms with Crippen LogP contribution in [0.25, 0.3) is 0 Å². The predicted octanol–water partition coefficient (Wildman–Crippen LogP) is 2.52. The monoisotopic (exact) mass is 310 g/mol. The van der Waals surface area contributed by atoms with Crippen LogP contribution in [0.4, 0.5) is 0 Å². The number of rotatable bonds is 7. The van der Waals surface area contributed by atoms with Crippen LogP contribution in [0.1, 0.15) is 36.1 Å². The van der Waals surface area contributed by atoms with E-state index in [0.29, 0.717) is 18.4 Å². The molecular weight excluding hydrogens is 288 g/mol. The van der Waals surface area contributed by atoms with Gasteiger partial charge in [0, 0.05) is 6.42 Å². The highest BCUT2D eigenvalue weighted by Crippen LogP contribution is 2.13. The van der Waals surface area contributed by atoms with Gasteiger partial charge >= 0.3 is 0 Å². The lowest BCUT2D eigenvalue weighted by molar-refractivity contribution is -0.127. The molecule has 0 saturated carbocycles. The number of carbonyl (C=O) groups excluding carboxylic acids is 2. The van der Waals surface area contributed by atoms with Crippen molar-refractivity contribution in [2.24, 2.45) is 5.73 Å². The maximum atomic E-state index is 12.1. The minimum atomic E-state index is -0.786. The average Bonchev–Trinajstić information content (AvgIpc) is 2.58. The first-order chi connectivity index (χ1) is 11.1. The maximum Gasteiger partial charge on any atom is 0.244 e. The van der Waals surface area contributed by atoms with Gasteiger partial charge in [-0.25, -0.2) is 0 Å². The minimum Gasteiger partial charge on any atom is -0.368 e. The van der Waals surface area contributed by atoms with Gasteiger partial charge in [0.15, 0.2) is 0 Å². The van der Waals surface area contributed by atoms with Gasteiger partial charge in [-0.2, -0.15) is 0 Å². The molecule has 0 aliphatic rings. The van der Waals surface area contributed by atoms with Gasteiger partial charge in [-0.15, -0.1) is 0 Å². The van der Waals surface area contributed by atoms with E-state index in [1.807, 2.05) is 30.3 Å². The fraction of sp³-hybridized carbons (Fsp3) is 0.263. The van der Waals surface area contributed by atoms with Crippen molar-refractivity contribution in [2.75, 3.05) is 0 Å². The fourth-order valence-corrected chi connectivity index (χ4v) is 2.40. The highest BCUT2D eigenvalue weighted by Gasteiger charge is 2.19. The molecule has 23 heavy (non-hydrogen) atoms. The van der Waals surface area contributed by atoms with Gasteiger partial charge in [-0.1, -0.05) is 61.5 Å². The number of nitrogens with two attached hydrogens (primary N) is 1. The molecular formula is C19H22N2O2. The zero-order valence-electron chi connectivity index (χ0n) is 13.3. The Morgan fingerprint density at radius 3 is 2.17 bits per heavy atom. The third-order valence-corrected chi connectivity index (χ3v) is 3.79. The number of aryl methyl sites for hydroxylation is 2. The zero-order valence-corrected chi connectivity index (χ0v) is 13.3. The first-order valence-electron chi connectivity index (χ1n) is 7.81. The molecule has 0 aromatic heterocycles. The van der Waals surface area contributed by atoms with E-state index in [0.717, 1.165) is 12.0 Å². The first-order valence-corrected chi connectivity index (χ1v) is 7.81. The molecule has 4 heteroatoms. The van der Waals surface area contributed by atoms with Crippen LogP contribution in [0.5, 0.6) is 0 Å². The summed E-state index contributed by atoms with van der Waals surface area (Å²) in [4.78, 5) is 23.7. The van der Waals surface area contributed by atoms with Crippen LogP contribution in [-0.4, -0.2) is 11.8 Å². The van der Waals surface area contributed by atoms with Crippen molar-refractivity contribution < 1.29 is 9.59 Å². The standard InChI is InChI=1S/C19H22N2O2/c1-2-14-8-10-15(11-9-14)12-13-17(22)21-18(19(20)23)16-6-4-3-5-7-16/h3-11,18H,2,12-13H2,1H3,(H2,20,23)(H,21,22)/t18-/m1/s1. The summed E-state index contributed by atoms with van der Waals surface area (Å²) in [7, 11) is 0. The maximum absolute atomic E-state index is 12.1. The van der Waals surface area contributed by atoms with Crippen LogP contribution in [0.15, 0.2) is 54.6 Å². The topological polar surface area (TPSA) is 72.2 Å².